The molecule has 3 aromatic rings. The average Bonchev–Trinajstić information content (AvgIpc) is 2.69. The number of fused-ring (bicyclic) bond motifs is 2. The molecule has 1 aromatic heterocycles. The highest BCUT2D eigenvalue weighted by Crippen LogP contribution is 2.23. The molecule has 0 fully saturated rings. The summed E-state index contributed by atoms with van der Waals surface area (Å²) in [5, 5.41) is 17.7. The van der Waals surface area contributed by atoms with E-state index in [2.05, 4.69) is 10.3 Å². The van der Waals surface area contributed by atoms with Gasteiger partial charge < -0.3 is 10.0 Å². The maximum absolute atomic E-state index is 12.8. The van der Waals surface area contributed by atoms with E-state index in [1.165, 1.54) is 4.90 Å². The molecular formula is C19H16N4O4. The van der Waals surface area contributed by atoms with Gasteiger partial charge in [0.05, 0.1) is 5.39 Å². The highest BCUT2D eigenvalue weighted by atomic mass is 16.4. The number of aromatic nitrogens is 3. The Balaban J connectivity index is 1.65. The van der Waals surface area contributed by atoms with Crippen molar-refractivity contribution in [2.45, 2.75) is 25.6 Å². The lowest BCUT2D eigenvalue weighted by molar-refractivity contribution is -0.151. The zero-order valence-corrected chi connectivity index (χ0v) is 14.3. The number of carbonyl (C=O) groups excluding carboxylic acids is 1. The number of carboxylic acids is 1. The Morgan fingerprint density at radius 3 is 2.56 bits per heavy atom. The lowest BCUT2D eigenvalue weighted by Crippen LogP contribution is -2.50. The second-order valence-electron chi connectivity index (χ2n) is 6.42. The first kappa shape index (κ1) is 16.9. The van der Waals surface area contributed by atoms with Crippen LogP contribution in [0.3, 0.4) is 0 Å². The van der Waals surface area contributed by atoms with Crippen molar-refractivity contribution in [3.8, 4) is 0 Å². The molecule has 0 unspecified atom stereocenters. The third-order valence-corrected chi connectivity index (χ3v) is 4.77. The van der Waals surface area contributed by atoms with E-state index in [0.29, 0.717) is 10.9 Å². The number of rotatable bonds is 3. The molecule has 1 aliphatic heterocycles. The minimum Gasteiger partial charge on any atom is -0.480 e. The fourth-order valence-electron chi connectivity index (χ4n) is 3.35. The van der Waals surface area contributed by atoms with Crippen LogP contribution >= 0.6 is 0 Å². The highest BCUT2D eigenvalue weighted by Gasteiger charge is 2.34. The maximum atomic E-state index is 12.8. The van der Waals surface area contributed by atoms with Gasteiger partial charge in [-0.3, -0.25) is 9.59 Å². The summed E-state index contributed by atoms with van der Waals surface area (Å²) in [7, 11) is 0. The van der Waals surface area contributed by atoms with Gasteiger partial charge in [-0.05, 0) is 23.3 Å². The first-order chi connectivity index (χ1) is 13.0. The van der Waals surface area contributed by atoms with E-state index in [9.17, 15) is 19.5 Å². The highest BCUT2D eigenvalue weighted by molar-refractivity contribution is 5.84. The van der Waals surface area contributed by atoms with Crippen LogP contribution < -0.4 is 5.56 Å². The number of benzene rings is 2. The van der Waals surface area contributed by atoms with Crippen molar-refractivity contribution in [1.29, 1.82) is 0 Å². The SMILES string of the molecule is O=C(O)[C@@H]1Cc2ccccc2CN1C(=O)Cn1nnc2ccccc2c1=O. The summed E-state index contributed by atoms with van der Waals surface area (Å²) < 4.78 is 0.976. The van der Waals surface area contributed by atoms with Crippen LogP contribution in [0.2, 0.25) is 0 Å². The fourth-order valence-corrected chi connectivity index (χ4v) is 3.35. The third-order valence-electron chi connectivity index (χ3n) is 4.77. The predicted octanol–water partition coefficient (Wildman–Crippen LogP) is 0.830. The summed E-state index contributed by atoms with van der Waals surface area (Å²) in [6.07, 6.45) is 0.232. The molecule has 0 aliphatic carbocycles. The molecule has 4 rings (SSSR count). The molecule has 0 spiro atoms. The lowest BCUT2D eigenvalue weighted by atomic mass is 9.94. The Labute approximate surface area is 153 Å². The quantitative estimate of drug-likeness (QED) is 0.738. The lowest BCUT2D eigenvalue weighted by Gasteiger charge is -2.34. The van der Waals surface area contributed by atoms with Crippen LogP contribution in [0.4, 0.5) is 0 Å². The molecule has 1 aliphatic rings. The van der Waals surface area contributed by atoms with Gasteiger partial charge in [0.2, 0.25) is 5.91 Å². The van der Waals surface area contributed by atoms with E-state index in [1.54, 1.807) is 24.3 Å². The van der Waals surface area contributed by atoms with Gasteiger partial charge in [-0.1, -0.05) is 41.6 Å². The first-order valence-electron chi connectivity index (χ1n) is 8.46. The van der Waals surface area contributed by atoms with Crippen LogP contribution in [-0.2, 0) is 29.1 Å². The maximum Gasteiger partial charge on any atom is 0.326 e. The molecule has 0 radical (unpaired) electrons. The minimum atomic E-state index is -1.07. The van der Waals surface area contributed by atoms with Gasteiger partial charge in [-0.15, -0.1) is 5.10 Å². The van der Waals surface area contributed by atoms with Crippen LogP contribution in [0.15, 0.2) is 53.3 Å². The van der Waals surface area contributed by atoms with Gasteiger partial charge in [-0.2, -0.15) is 0 Å². The predicted molar refractivity (Wildman–Crippen MR) is 95.9 cm³/mol. The number of carboxylic acid groups (broad SMARTS) is 1. The molecule has 136 valence electrons. The summed E-state index contributed by atoms with van der Waals surface area (Å²) in [4.78, 5) is 38.3. The standard InChI is InChI=1S/C19H16N4O4/c24-17(11-23-18(25)14-7-3-4-8-15(14)20-21-23)22-10-13-6-2-1-5-12(13)9-16(22)19(26)27/h1-8,16H,9-11H2,(H,26,27)/t16-/m0/s1. The molecule has 0 bridgehead atoms. The molecule has 0 saturated carbocycles. The molecular weight excluding hydrogens is 348 g/mol. The van der Waals surface area contributed by atoms with E-state index in [1.807, 2.05) is 24.3 Å². The van der Waals surface area contributed by atoms with E-state index in [-0.39, 0.29) is 19.5 Å². The number of hydrogen-bond donors (Lipinski definition) is 1. The molecule has 2 heterocycles. The van der Waals surface area contributed by atoms with Crippen LogP contribution in [0, 0.1) is 0 Å². The number of nitrogens with zero attached hydrogens (tertiary/aromatic N) is 4. The molecule has 0 saturated heterocycles. The smallest absolute Gasteiger partial charge is 0.326 e. The average molecular weight is 364 g/mol. The zero-order valence-electron chi connectivity index (χ0n) is 14.3. The summed E-state index contributed by atoms with van der Waals surface area (Å²) in [5.74, 6) is -1.56. The minimum absolute atomic E-state index is 0.182. The number of carbonyl (C=O) groups is 2. The van der Waals surface area contributed by atoms with Gasteiger partial charge in [0, 0.05) is 13.0 Å². The van der Waals surface area contributed by atoms with Crippen LogP contribution in [-0.4, -0.2) is 42.9 Å². The van der Waals surface area contributed by atoms with Crippen LogP contribution in [0.25, 0.3) is 10.9 Å². The second-order valence-corrected chi connectivity index (χ2v) is 6.42. The molecule has 8 heteroatoms. The van der Waals surface area contributed by atoms with E-state index in [0.717, 1.165) is 15.8 Å². The molecule has 2 aromatic carbocycles. The summed E-state index contributed by atoms with van der Waals surface area (Å²) in [5.41, 5.74) is 1.83. The molecule has 1 N–H and O–H groups in total. The van der Waals surface area contributed by atoms with Crippen molar-refractivity contribution in [3.63, 3.8) is 0 Å². The largest absolute Gasteiger partial charge is 0.480 e. The van der Waals surface area contributed by atoms with E-state index >= 15 is 0 Å². The Morgan fingerprint density at radius 2 is 1.78 bits per heavy atom. The first-order valence-corrected chi connectivity index (χ1v) is 8.46. The Morgan fingerprint density at radius 1 is 1.07 bits per heavy atom. The van der Waals surface area contributed by atoms with Crippen molar-refractivity contribution in [3.05, 3.63) is 70.0 Å². The van der Waals surface area contributed by atoms with Crippen molar-refractivity contribution in [2.24, 2.45) is 0 Å². The zero-order chi connectivity index (χ0) is 19.0. The normalized spacial score (nSPS) is 16.1. The number of hydrogen-bond acceptors (Lipinski definition) is 5. The third kappa shape index (κ3) is 3.05. The second kappa shape index (κ2) is 6.64. The van der Waals surface area contributed by atoms with Gasteiger partial charge in [-0.25, -0.2) is 9.48 Å². The van der Waals surface area contributed by atoms with Gasteiger partial charge in [0.15, 0.2) is 0 Å². The topological polar surface area (TPSA) is 105 Å². The monoisotopic (exact) mass is 364 g/mol. The van der Waals surface area contributed by atoms with Gasteiger partial charge >= 0.3 is 5.97 Å². The van der Waals surface area contributed by atoms with Crippen LogP contribution in [0.1, 0.15) is 11.1 Å². The van der Waals surface area contributed by atoms with Crippen molar-refractivity contribution < 1.29 is 14.7 Å². The van der Waals surface area contributed by atoms with Gasteiger partial charge in [0.25, 0.3) is 5.56 Å². The van der Waals surface area contributed by atoms with E-state index < -0.39 is 23.5 Å². The molecule has 1 amide bonds. The molecule has 27 heavy (non-hydrogen) atoms. The molecule has 8 nitrogen and oxygen atoms in total. The van der Waals surface area contributed by atoms with Gasteiger partial charge in [0.1, 0.15) is 18.1 Å². The van der Waals surface area contributed by atoms with Crippen molar-refractivity contribution in [1.82, 2.24) is 19.9 Å². The number of amides is 1. The summed E-state index contributed by atoms with van der Waals surface area (Å²) in [6, 6.07) is 13.2. The summed E-state index contributed by atoms with van der Waals surface area (Å²) in [6.45, 7) is -0.176. The summed E-state index contributed by atoms with van der Waals surface area (Å²) >= 11 is 0. The van der Waals surface area contributed by atoms with Crippen molar-refractivity contribution in [2.75, 3.05) is 0 Å². The Kier molecular flexibility index (Phi) is 4.15. The number of aliphatic carboxylic acids is 1. The molecule has 1 atom stereocenters. The fraction of sp³-hybridized carbons (Fsp3) is 0.211. The van der Waals surface area contributed by atoms with Crippen molar-refractivity contribution >= 4 is 22.8 Å². The Bertz CT molecular complexity index is 1110. The Hall–Kier alpha value is -3.55. The van der Waals surface area contributed by atoms with Crippen LogP contribution in [0.5, 0.6) is 0 Å². The van der Waals surface area contributed by atoms with E-state index in [4.69, 9.17) is 0 Å².